The number of esters is 1. The SMILES string of the molecule is CCCNc1cccc(SCCC(=O)OC)c1[N+](=O)[O-]. The number of anilines is 1. The van der Waals surface area contributed by atoms with Crippen LogP contribution in [0.2, 0.25) is 0 Å². The molecule has 0 heterocycles. The van der Waals surface area contributed by atoms with Crippen LogP contribution in [-0.2, 0) is 9.53 Å². The van der Waals surface area contributed by atoms with Crippen LogP contribution in [0.3, 0.4) is 0 Å². The van der Waals surface area contributed by atoms with Crippen LogP contribution in [0.25, 0.3) is 0 Å². The first kappa shape index (κ1) is 16.3. The molecule has 0 saturated carbocycles. The number of rotatable bonds is 8. The summed E-state index contributed by atoms with van der Waals surface area (Å²) in [6.45, 7) is 2.67. The number of nitrogens with zero attached hydrogens (tertiary/aromatic N) is 1. The second-order valence-electron chi connectivity index (χ2n) is 4.01. The molecule has 1 aromatic rings. The van der Waals surface area contributed by atoms with E-state index >= 15 is 0 Å². The van der Waals surface area contributed by atoms with Gasteiger partial charge in [0.25, 0.3) is 0 Å². The van der Waals surface area contributed by atoms with E-state index in [4.69, 9.17) is 0 Å². The summed E-state index contributed by atoms with van der Waals surface area (Å²) in [6.07, 6.45) is 1.11. The van der Waals surface area contributed by atoms with E-state index in [0.717, 1.165) is 6.42 Å². The lowest BCUT2D eigenvalue weighted by Crippen LogP contribution is -2.05. The van der Waals surface area contributed by atoms with Gasteiger partial charge in [0.05, 0.1) is 23.3 Å². The first-order chi connectivity index (χ1) is 9.60. The first-order valence-corrected chi connectivity index (χ1v) is 7.29. The van der Waals surface area contributed by atoms with E-state index in [1.807, 2.05) is 6.92 Å². The van der Waals surface area contributed by atoms with Gasteiger partial charge in [-0.25, -0.2) is 0 Å². The largest absolute Gasteiger partial charge is 0.469 e. The molecule has 7 heteroatoms. The topological polar surface area (TPSA) is 81.5 Å². The van der Waals surface area contributed by atoms with E-state index in [0.29, 0.717) is 22.9 Å². The van der Waals surface area contributed by atoms with Gasteiger partial charge in [-0.2, -0.15) is 0 Å². The molecule has 110 valence electrons. The third-order valence-electron chi connectivity index (χ3n) is 2.54. The molecule has 0 spiro atoms. The molecule has 0 aliphatic rings. The molecular formula is C13H18N2O4S. The maximum absolute atomic E-state index is 11.2. The minimum absolute atomic E-state index is 0.0656. The molecule has 20 heavy (non-hydrogen) atoms. The fraction of sp³-hybridized carbons (Fsp3) is 0.462. The molecule has 1 rings (SSSR count). The Bertz CT molecular complexity index is 479. The standard InChI is InChI=1S/C13H18N2O4S/c1-3-8-14-10-5-4-6-11(13(10)15(17)18)20-9-7-12(16)19-2/h4-6,14H,3,7-9H2,1-2H3. The van der Waals surface area contributed by atoms with E-state index < -0.39 is 4.92 Å². The lowest BCUT2D eigenvalue weighted by molar-refractivity contribution is -0.386. The summed E-state index contributed by atoms with van der Waals surface area (Å²) in [5.74, 6) is 0.130. The second kappa shape index (κ2) is 8.42. The van der Waals surface area contributed by atoms with Crippen molar-refractivity contribution in [1.29, 1.82) is 0 Å². The van der Waals surface area contributed by atoms with E-state index in [2.05, 4.69) is 10.1 Å². The van der Waals surface area contributed by atoms with Crippen molar-refractivity contribution in [3.63, 3.8) is 0 Å². The van der Waals surface area contributed by atoms with Gasteiger partial charge in [0.15, 0.2) is 0 Å². The van der Waals surface area contributed by atoms with Gasteiger partial charge in [-0.3, -0.25) is 14.9 Å². The molecule has 0 aliphatic carbocycles. The van der Waals surface area contributed by atoms with Crippen molar-refractivity contribution >= 4 is 29.1 Å². The fourth-order valence-corrected chi connectivity index (χ4v) is 2.56. The van der Waals surface area contributed by atoms with Crippen molar-refractivity contribution in [3.8, 4) is 0 Å². The molecule has 6 nitrogen and oxygen atoms in total. The van der Waals surface area contributed by atoms with Gasteiger partial charge < -0.3 is 10.1 Å². The molecule has 0 radical (unpaired) electrons. The smallest absolute Gasteiger partial charge is 0.306 e. The van der Waals surface area contributed by atoms with Crippen LogP contribution in [0.4, 0.5) is 11.4 Å². The van der Waals surface area contributed by atoms with Crippen molar-refractivity contribution in [2.45, 2.75) is 24.7 Å². The van der Waals surface area contributed by atoms with E-state index in [-0.39, 0.29) is 18.1 Å². The molecule has 0 amide bonds. The molecule has 0 atom stereocenters. The van der Waals surface area contributed by atoms with Gasteiger partial charge >= 0.3 is 11.7 Å². The van der Waals surface area contributed by atoms with Gasteiger partial charge in [-0.15, -0.1) is 11.8 Å². The van der Waals surface area contributed by atoms with Crippen molar-refractivity contribution in [1.82, 2.24) is 0 Å². The van der Waals surface area contributed by atoms with Crippen molar-refractivity contribution < 1.29 is 14.5 Å². The van der Waals surface area contributed by atoms with Gasteiger partial charge in [-0.05, 0) is 18.6 Å². The monoisotopic (exact) mass is 298 g/mol. The highest BCUT2D eigenvalue weighted by atomic mass is 32.2. The van der Waals surface area contributed by atoms with E-state index in [1.165, 1.54) is 18.9 Å². The number of nitro groups is 1. The Morgan fingerprint density at radius 2 is 2.25 bits per heavy atom. The molecule has 1 aromatic carbocycles. The maximum Gasteiger partial charge on any atom is 0.306 e. The Balaban J connectivity index is 2.83. The molecule has 0 aliphatic heterocycles. The van der Waals surface area contributed by atoms with Crippen LogP contribution in [0.5, 0.6) is 0 Å². The number of benzene rings is 1. The summed E-state index contributed by atoms with van der Waals surface area (Å²) in [5.41, 5.74) is 0.579. The normalized spacial score (nSPS) is 10.1. The van der Waals surface area contributed by atoms with Crippen LogP contribution in [-0.4, -0.2) is 30.3 Å². The Morgan fingerprint density at radius 3 is 2.85 bits per heavy atom. The molecule has 0 unspecified atom stereocenters. The summed E-state index contributed by atoms with van der Waals surface area (Å²) in [6, 6.07) is 5.15. The Morgan fingerprint density at radius 1 is 1.50 bits per heavy atom. The number of nitrogens with one attached hydrogen (secondary N) is 1. The molecule has 0 bridgehead atoms. The Hall–Kier alpha value is -1.76. The number of methoxy groups -OCH3 is 1. The zero-order valence-electron chi connectivity index (χ0n) is 11.5. The summed E-state index contributed by atoms with van der Waals surface area (Å²) in [5, 5.41) is 14.3. The minimum Gasteiger partial charge on any atom is -0.469 e. The Labute approximate surface area is 122 Å². The zero-order valence-corrected chi connectivity index (χ0v) is 12.4. The van der Waals surface area contributed by atoms with Crippen molar-refractivity contribution in [2.75, 3.05) is 24.7 Å². The van der Waals surface area contributed by atoms with Gasteiger partial charge in [0, 0.05) is 12.3 Å². The third kappa shape index (κ3) is 4.73. The average Bonchev–Trinajstić information content (AvgIpc) is 2.44. The number of carbonyl (C=O) groups is 1. The molecule has 0 fully saturated rings. The van der Waals surface area contributed by atoms with Crippen LogP contribution in [0.1, 0.15) is 19.8 Å². The van der Waals surface area contributed by atoms with Gasteiger partial charge in [0.2, 0.25) is 0 Å². The number of nitro benzene ring substituents is 1. The number of hydrogen-bond donors (Lipinski definition) is 1. The van der Waals surface area contributed by atoms with Crippen LogP contribution in [0.15, 0.2) is 23.1 Å². The number of ether oxygens (including phenoxy) is 1. The number of carbonyl (C=O) groups excluding carboxylic acids is 1. The predicted octanol–water partition coefficient (Wildman–Crippen LogP) is 3.07. The first-order valence-electron chi connectivity index (χ1n) is 6.31. The predicted molar refractivity (Wildman–Crippen MR) is 79.2 cm³/mol. The fourth-order valence-electron chi connectivity index (χ4n) is 1.58. The van der Waals surface area contributed by atoms with Crippen LogP contribution in [0, 0.1) is 10.1 Å². The van der Waals surface area contributed by atoms with E-state index in [1.54, 1.807) is 18.2 Å². The lowest BCUT2D eigenvalue weighted by atomic mass is 10.2. The van der Waals surface area contributed by atoms with Gasteiger partial charge in [-0.1, -0.05) is 13.0 Å². The van der Waals surface area contributed by atoms with Crippen molar-refractivity contribution in [2.24, 2.45) is 0 Å². The lowest BCUT2D eigenvalue weighted by Gasteiger charge is -2.09. The molecule has 0 saturated heterocycles. The highest BCUT2D eigenvalue weighted by Crippen LogP contribution is 2.35. The van der Waals surface area contributed by atoms with Gasteiger partial charge in [0.1, 0.15) is 5.69 Å². The second-order valence-corrected chi connectivity index (χ2v) is 5.15. The quantitative estimate of drug-likeness (QED) is 0.344. The summed E-state index contributed by atoms with van der Waals surface area (Å²) >= 11 is 1.28. The van der Waals surface area contributed by atoms with Crippen molar-refractivity contribution in [3.05, 3.63) is 28.3 Å². The summed E-state index contributed by atoms with van der Waals surface area (Å²) < 4.78 is 4.54. The molecular weight excluding hydrogens is 280 g/mol. The molecule has 1 N–H and O–H groups in total. The zero-order chi connectivity index (χ0) is 15.0. The number of hydrogen-bond acceptors (Lipinski definition) is 6. The highest BCUT2D eigenvalue weighted by Gasteiger charge is 2.19. The van der Waals surface area contributed by atoms with Crippen LogP contribution >= 0.6 is 11.8 Å². The third-order valence-corrected chi connectivity index (χ3v) is 3.59. The average molecular weight is 298 g/mol. The highest BCUT2D eigenvalue weighted by molar-refractivity contribution is 7.99. The Kier molecular flexibility index (Phi) is 6.86. The number of para-hydroxylation sites is 1. The summed E-state index contributed by atoms with van der Waals surface area (Å²) in [7, 11) is 1.32. The van der Waals surface area contributed by atoms with Crippen LogP contribution < -0.4 is 5.32 Å². The minimum atomic E-state index is -0.390. The molecule has 0 aromatic heterocycles. The number of thioether (sulfide) groups is 1. The summed E-state index contributed by atoms with van der Waals surface area (Å²) in [4.78, 5) is 22.4. The maximum atomic E-state index is 11.2. The van der Waals surface area contributed by atoms with E-state index in [9.17, 15) is 14.9 Å².